The number of carboxylic acids is 1. The van der Waals surface area contributed by atoms with Gasteiger partial charge in [0.05, 0.1) is 16.5 Å². The van der Waals surface area contributed by atoms with E-state index in [1.54, 1.807) is 36.4 Å². The zero-order valence-electron chi connectivity index (χ0n) is 11.4. The van der Waals surface area contributed by atoms with Gasteiger partial charge in [-0.2, -0.15) is 0 Å². The second-order valence-electron chi connectivity index (χ2n) is 4.90. The van der Waals surface area contributed by atoms with E-state index in [1.165, 1.54) is 12.1 Å². The van der Waals surface area contributed by atoms with E-state index in [0.29, 0.717) is 16.5 Å². The Hall–Kier alpha value is -3.08. The molecule has 0 radical (unpaired) electrons. The van der Waals surface area contributed by atoms with Crippen molar-refractivity contribution in [2.75, 3.05) is 0 Å². The van der Waals surface area contributed by atoms with Crippen LogP contribution in [-0.2, 0) is 6.42 Å². The van der Waals surface area contributed by atoms with E-state index in [1.807, 2.05) is 0 Å². The van der Waals surface area contributed by atoms with Crippen LogP contribution >= 0.6 is 0 Å². The van der Waals surface area contributed by atoms with E-state index < -0.39 is 11.6 Å². The Kier molecular flexibility index (Phi) is 3.39. The normalized spacial score (nSPS) is 10.7. The number of benzene rings is 2. The molecule has 0 aliphatic heterocycles. The van der Waals surface area contributed by atoms with Crippen molar-refractivity contribution in [2.24, 2.45) is 0 Å². The van der Waals surface area contributed by atoms with E-state index >= 15 is 0 Å². The zero-order valence-corrected chi connectivity index (χ0v) is 11.4. The molecule has 5 heteroatoms. The van der Waals surface area contributed by atoms with Crippen LogP contribution in [0.1, 0.15) is 21.5 Å². The van der Waals surface area contributed by atoms with Crippen molar-refractivity contribution in [2.45, 2.75) is 6.42 Å². The number of aromatic carboxylic acids is 1. The average Bonchev–Trinajstić information content (AvgIpc) is 2.52. The van der Waals surface area contributed by atoms with Gasteiger partial charge in [-0.05, 0) is 29.8 Å². The van der Waals surface area contributed by atoms with Gasteiger partial charge in [0.25, 0.3) is 0 Å². The van der Waals surface area contributed by atoms with Crippen LogP contribution < -0.4 is 5.63 Å². The minimum atomic E-state index is -1.04. The number of rotatable bonds is 3. The Morgan fingerprint density at radius 3 is 2.64 bits per heavy atom. The number of hydrogen-bond donors (Lipinski definition) is 2. The number of fused-ring (bicyclic) bond motifs is 1. The lowest BCUT2D eigenvalue weighted by molar-refractivity contribution is 0.0696. The number of hydrogen-bond acceptors (Lipinski definition) is 4. The summed E-state index contributed by atoms with van der Waals surface area (Å²) < 4.78 is 5.19. The van der Waals surface area contributed by atoms with Gasteiger partial charge in [0, 0.05) is 6.42 Å². The van der Waals surface area contributed by atoms with Crippen LogP contribution in [0, 0.1) is 0 Å². The molecular formula is C17H12O5. The van der Waals surface area contributed by atoms with Gasteiger partial charge in [0.15, 0.2) is 0 Å². The van der Waals surface area contributed by atoms with Crippen LogP contribution in [0.2, 0.25) is 0 Å². The molecule has 0 amide bonds. The third-order valence-electron chi connectivity index (χ3n) is 3.43. The molecule has 0 atom stereocenters. The molecule has 0 unspecified atom stereocenters. The summed E-state index contributed by atoms with van der Waals surface area (Å²) in [4.78, 5) is 23.0. The molecule has 0 saturated carbocycles. The Bertz CT molecular complexity index is 924. The highest BCUT2D eigenvalue weighted by atomic mass is 16.4. The maximum Gasteiger partial charge on any atom is 0.343 e. The molecule has 3 aromatic rings. The molecule has 1 heterocycles. The third-order valence-corrected chi connectivity index (χ3v) is 3.43. The summed E-state index contributed by atoms with van der Waals surface area (Å²) in [6.45, 7) is 0. The van der Waals surface area contributed by atoms with Crippen LogP contribution in [0.4, 0.5) is 0 Å². The van der Waals surface area contributed by atoms with Crippen LogP contribution in [0.15, 0.2) is 57.7 Å². The first-order chi connectivity index (χ1) is 10.6. The minimum absolute atomic E-state index is 0.0973. The molecule has 3 rings (SSSR count). The highest BCUT2D eigenvalue weighted by Crippen LogP contribution is 2.27. The molecule has 0 aliphatic carbocycles. The zero-order chi connectivity index (χ0) is 15.7. The van der Waals surface area contributed by atoms with Crippen molar-refractivity contribution in [1.29, 1.82) is 0 Å². The second kappa shape index (κ2) is 5.37. The van der Waals surface area contributed by atoms with Gasteiger partial charge in [-0.25, -0.2) is 9.59 Å². The largest absolute Gasteiger partial charge is 0.507 e. The molecule has 0 aliphatic rings. The first-order valence-electron chi connectivity index (χ1n) is 6.62. The molecule has 22 heavy (non-hydrogen) atoms. The smallest absolute Gasteiger partial charge is 0.343 e. The summed E-state index contributed by atoms with van der Waals surface area (Å²) in [5.41, 5.74) is 0.533. The van der Waals surface area contributed by atoms with Crippen molar-refractivity contribution in [1.82, 2.24) is 0 Å². The third kappa shape index (κ3) is 2.44. The fourth-order valence-electron chi connectivity index (χ4n) is 2.35. The lowest BCUT2D eigenvalue weighted by atomic mass is 10.0. The van der Waals surface area contributed by atoms with Crippen molar-refractivity contribution in [3.8, 4) is 5.75 Å². The van der Waals surface area contributed by atoms with Gasteiger partial charge in [-0.1, -0.05) is 24.3 Å². The quantitative estimate of drug-likeness (QED) is 0.726. The van der Waals surface area contributed by atoms with Crippen LogP contribution in [0.5, 0.6) is 5.75 Å². The van der Waals surface area contributed by atoms with Crippen LogP contribution in [0.3, 0.4) is 0 Å². The fraction of sp³-hybridized carbons (Fsp3) is 0.0588. The molecule has 0 bridgehead atoms. The van der Waals surface area contributed by atoms with Crippen LogP contribution in [-0.4, -0.2) is 16.2 Å². The van der Waals surface area contributed by atoms with Crippen molar-refractivity contribution < 1.29 is 19.4 Å². The van der Waals surface area contributed by atoms with Gasteiger partial charge >= 0.3 is 11.6 Å². The Labute approximate surface area is 125 Å². The highest BCUT2D eigenvalue weighted by Gasteiger charge is 2.14. The SMILES string of the molecule is O=C(O)c1cccc(Cc2c(O)c3ccccc3oc2=O)c1. The number of aromatic hydroxyl groups is 1. The molecule has 0 spiro atoms. The van der Waals surface area contributed by atoms with Gasteiger partial charge in [-0.15, -0.1) is 0 Å². The van der Waals surface area contributed by atoms with E-state index in [0.717, 1.165) is 0 Å². The molecule has 110 valence electrons. The van der Waals surface area contributed by atoms with Crippen molar-refractivity contribution in [3.05, 3.63) is 75.6 Å². The van der Waals surface area contributed by atoms with Gasteiger partial charge in [0.1, 0.15) is 11.3 Å². The summed E-state index contributed by atoms with van der Waals surface area (Å²) in [6, 6.07) is 12.9. The van der Waals surface area contributed by atoms with E-state index in [9.17, 15) is 14.7 Å². The number of carboxylic acid groups (broad SMARTS) is 1. The van der Waals surface area contributed by atoms with E-state index in [2.05, 4.69) is 0 Å². The molecule has 5 nitrogen and oxygen atoms in total. The second-order valence-corrected chi connectivity index (χ2v) is 4.90. The first kappa shape index (κ1) is 13.9. The molecule has 1 aromatic heterocycles. The lowest BCUT2D eigenvalue weighted by Crippen LogP contribution is -2.09. The van der Waals surface area contributed by atoms with Crippen molar-refractivity contribution in [3.63, 3.8) is 0 Å². The Balaban J connectivity index is 2.09. The first-order valence-corrected chi connectivity index (χ1v) is 6.62. The maximum atomic E-state index is 12.0. The van der Waals surface area contributed by atoms with Gasteiger partial charge in [-0.3, -0.25) is 0 Å². The number of para-hydroxylation sites is 1. The van der Waals surface area contributed by atoms with Gasteiger partial charge < -0.3 is 14.6 Å². The summed E-state index contributed by atoms with van der Waals surface area (Å²) in [5.74, 6) is -1.18. The molecule has 0 fully saturated rings. The predicted octanol–water partition coefficient (Wildman–Crippen LogP) is 2.79. The summed E-state index contributed by atoms with van der Waals surface area (Å²) in [7, 11) is 0. The lowest BCUT2D eigenvalue weighted by Gasteiger charge is -2.07. The molecule has 0 saturated heterocycles. The number of carbonyl (C=O) groups is 1. The summed E-state index contributed by atoms with van der Waals surface area (Å²) >= 11 is 0. The predicted molar refractivity (Wildman–Crippen MR) is 80.4 cm³/mol. The summed E-state index contributed by atoms with van der Waals surface area (Å²) in [5, 5.41) is 19.7. The van der Waals surface area contributed by atoms with E-state index in [-0.39, 0.29) is 23.3 Å². The van der Waals surface area contributed by atoms with Gasteiger partial charge in [0.2, 0.25) is 0 Å². The molecular weight excluding hydrogens is 284 g/mol. The van der Waals surface area contributed by atoms with Crippen LogP contribution in [0.25, 0.3) is 11.0 Å². The highest BCUT2D eigenvalue weighted by molar-refractivity contribution is 5.88. The molecule has 2 N–H and O–H groups in total. The van der Waals surface area contributed by atoms with Crippen molar-refractivity contribution >= 4 is 16.9 Å². The monoisotopic (exact) mass is 296 g/mol. The van der Waals surface area contributed by atoms with E-state index in [4.69, 9.17) is 9.52 Å². The Morgan fingerprint density at radius 1 is 1.09 bits per heavy atom. The topological polar surface area (TPSA) is 87.7 Å². The minimum Gasteiger partial charge on any atom is -0.507 e. The maximum absolute atomic E-state index is 12.0. The fourth-order valence-corrected chi connectivity index (χ4v) is 2.35. The Morgan fingerprint density at radius 2 is 1.86 bits per heavy atom. The average molecular weight is 296 g/mol. The summed E-state index contributed by atoms with van der Waals surface area (Å²) in [6.07, 6.45) is 0.0973. The molecule has 2 aromatic carbocycles. The standard InChI is InChI=1S/C17H12O5/c18-15-12-6-1-2-7-14(12)22-17(21)13(15)9-10-4-3-5-11(8-10)16(19)20/h1-8,18H,9H2,(H,19,20).